The van der Waals surface area contributed by atoms with Gasteiger partial charge in [-0.2, -0.15) is 15.2 Å². The number of rotatable bonds is 4. The van der Waals surface area contributed by atoms with Crippen LogP contribution in [-0.4, -0.2) is 83.9 Å². The van der Waals surface area contributed by atoms with Crippen molar-refractivity contribution < 1.29 is 4.52 Å². The molecule has 3 saturated heterocycles. The van der Waals surface area contributed by atoms with Gasteiger partial charge >= 0.3 is 0 Å². The van der Waals surface area contributed by atoms with E-state index >= 15 is 0 Å². The standard InChI is InChI=1S/C30H40N10OS/c1-19-16-38(3)11-5-12-40(19)28-34-21(14-23(35-28)39-13-9-30(18-39)8-10-33-17-30)26-36-27(41-37-26)29(2)7-4-6-22-24(29)20(15-31)25(32)42-22/h14,19,33H,4-13,16-18,32H2,1-3H3/t19-,29-,30?/m0/s1. The highest BCUT2D eigenvalue weighted by molar-refractivity contribution is 7.16. The van der Waals surface area contributed by atoms with E-state index in [-0.39, 0.29) is 6.04 Å². The molecule has 3 aromatic heterocycles. The molecule has 12 heteroatoms. The lowest BCUT2D eigenvalue weighted by Gasteiger charge is -2.30. The first-order chi connectivity index (χ1) is 20.3. The van der Waals surface area contributed by atoms with Crippen LogP contribution in [0.3, 0.4) is 0 Å². The Bertz CT molecular complexity index is 1520. The van der Waals surface area contributed by atoms with Crippen LogP contribution in [0.25, 0.3) is 11.5 Å². The summed E-state index contributed by atoms with van der Waals surface area (Å²) in [5, 5.41) is 18.5. The molecule has 4 aliphatic rings. The van der Waals surface area contributed by atoms with Gasteiger partial charge in [-0.3, -0.25) is 0 Å². The Balaban J connectivity index is 1.28. The number of likely N-dealkylation sites (N-methyl/N-ethyl adjacent to an activating group) is 1. The zero-order valence-corrected chi connectivity index (χ0v) is 25.6. The predicted molar refractivity (Wildman–Crippen MR) is 164 cm³/mol. The van der Waals surface area contributed by atoms with E-state index in [1.807, 2.05) is 6.07 Å². The van der Waals surface area contributed by atoms with Crippen molar-refractivity contribution in [3.05, 3.63) is 28.0 Å². The lowest BCUT2D eigenvalue weighted by Crippen LogP contribution is -2.39. The SMILES string of the molecule is C[C@H]1CN(C)CCCN1c1nc(-c2noc([C@@]3(C)CCCc4sc(N)c(C#N)c43)n2)cc(N2CCC3(CCNC3)C2)n1. The normalized spacial score (nSPS) is 28.3. The third-order valence-corrected chi connectivity index (χ3v) is 11.1. The monoisotopic (exact) mass is 588 g/mol. The fourth-order valence-electron chi connectivity index (χ4n) is 7.63. The lowest BCUT2D eigenvalue weighted by molar-refractivity contribution is 0.300. The second-order valence-corrected chi connectivity index (χ2v) is 14.2. The summed E-state index contributed by atoms with van der Waals surface area (Å²) in [5.74, 6) is 2.63. The number of nitrogens with two attached hydrogens (primary N) is 1. The highest BCUT2D eigenvalue weighted by Gasteiger charge is 2.44. The van der Waals surface area contributed by atoms with Gasteiger partial charge in [0.15, 0.2) is 0 Å². The van der Waals surface area contributed by atoms with Crippen molar-refractivity contribution in [2.24, 2.45) is 5.41 Å². The van der Waals surface area contributed by atoms with Crippen LogP contribution in [0.2, 0.25) is 0 Å². The van der Waals surface area contributed by atoms with Crippen LogP contribution in [0.1, 0.15) is 67.8 Å². The number of nitrogens with zero attached hydrogens (tertiary/aromatic N) is 8. The van der Waals surface area contributed by atoms with Crippen LogP contribution in [0, 0.1) is 16.7 Å². The number of nitrogen functional groups attached to an aromatic ring is 1. The minimum absolute atomic E-state index is 0.276. The van der Waals surface area contributed by atoms with E-state index < -0.39 is 5.41 Å². The molecule has 0 amide bonds. The van der Waals surface area contributed by atoms with Gasteiger partial charge in [0.05, 0.1) is 11.0 Å². The molecule has 1 unspecified atom stereocenters. The van der Waals surface area contributed by atoms with Crippen molar-refractivity contribution in [1.82, 2.24) is 30.3 Å². The maximum absolute atomic E-state index is 9.93. The molecule has 3 aromatic rings. The second-order valence-electron chi connectivity index (χ2n) is 13.0. The third-order valence-electron chi connectivity index (χ3n) is 9.98. The summed E-state index contributed by atoms with van der Waals surface area (Å²) in [6.07, 6.45) is 6.13. The molecule has 0 saturated carbocycles. The van der Waals surface area contributed by atoms with E-state index in [4.69, 9.17) is 25.2 Å². The minimum Gasteiger partial charge on any atom is -0.389 e. The Hall–Kier alpha value is -3.27. The molecule has 7 rings (SSSR count). The zero-order valence-electron chi connectivity index (χ0n) is 24.8. The highest BCUT2D eigenvalue weighted by Crippen LogP contribution is 2.48. The van der Waals surface area contributed by atoms with Crippen molar-refractivity contribution in [3.8, 4) is 17.6 Å². The minimum atomic E-state index is -0.572. The van der Waals surface area contributed by atoms with Crippen LogP contribution < -0.4 is 20.9 Å². The number of fused-ring (bicyclic) bond motifs is 1. The molecule has 3 N–H and O–H groups in total. The number of nitrogens with one attached hydrogen (secondary N) is 1. The average Bonchev–Trinajstić information content (AvgIpc) is 3.77. The summed E-state index contributed by atoms with van der Waals surface area (Å²) in [6.45, 7) is 11.4. The van der Waals surface area contributed by atoms with E-state index in [1.165, 1.54) is 17.8 Å². The first kappa shape index (κ1) is 27.6. The Morgan fingerprint density at radius 1 is 1.17 bits per heavy atom. The zero-order chi connectivity index (χ0) is 29.1. The van der Waals surface area contributed by atoms with Gasteiger partial charge in [-0.05, 0) is 72.5 Å². The van der Waals surface area contributed by atoms with Crippen LogP contribution in [0.15, 0.2) is 10.6 Å². The van der Waals surface area contributed by atoms with Crippen molar-refractivity contribution >= 4 is 28.1 Å². The summed E-state index contributed by atoms with van der Waals surface area (Å²) >= 11 is 1.51. The van der Waals surface area contributed by atoms with Crippen molar-refractivity contribution in [1.29, 1.82) is 5.26 Å². The average molecular weight is 589 g/mol. The third kappa shape index (κ3) is 4.62. The molecule has 3 atom stereocenters. The Kier molecular flexibility index (Phi) is 6.87. The quantitative estimate of drug-likeness (QED) is 0.464. The maximum Gasteiger partial charge on any atom is 0.237 e. The summed E-state index contributed by atoms with van der Waals surface area (Å²) in [5.41, 5.74) is 8.18. The molecule has 6 heterocycles. The van der Waals surface area contributed by atoms with Gasteiger partial charge in [-0.25, -0.2) is 4.98 Å². The summed E-state index contributed by atoms with van der Waals surface area (Å²) in [4.78, 5) is 23.5. The van der Waals surface area contributed by atoms with Gasteiger partial charge in [-0.1, -0.05) is 5.16 Å². The predicted octanol–water partition coefficient (Wildman–Crippen LogP) is 3.40. The summed E-state index contributed by atoms with van der Waals surface area (Å²) < 4.78 is 6.00. The van der Waals surface area contributed by atoms with Crippen LogP contribution in [0.4, 0.5) is 16.8 Å². The molecular weight excluding hydrogens is 548 g/mol. The molecule has 0 radical (unpaired) electrons. The first-order valence-corrected chi connectivity index (χ1v) is 16.1. The number of hydrogen-bond acceptors (Lipinski definition) is 12. The molecule has 3 aliphatic heterocycles. The van der Waals surface area contributed by atoms with Gasteiger partial charge in [0.25, 0.3) is 0 Å². The van der Waals surface area contributed by atoms with Crippen LogP contribution in [-0.2, 0) is 11.8 Å². The molecule has 0 bridgehead atoms. The number of hydrogen-bond donors (Lipinski definition) is 2. The van der Waals surface area contributed by atoms with Crippen molar-refractivity contribution in [3.63, 3.8) is 0 Å². The molecule has 222 valence electrons. The molecule has 11 nitrogen and oxygen atoms in total. The molecule has 1 spiro atoms. The number of thiophene rings is 1. The Morgan fingerprint density at radius 2 is 2.05 bits per heavy atom. The number of anilines is 3. The second kappa shape index (κ2) is 10.5. The highest BCUT2D eigenvalue weighted by atomic mass is 32.1. The Labute approximate surface area is 251 Å². The van der Waals surface area contributed by atoms with E-state index in [2.05, 4.69) is 52.1 Å². The van der Waals surface area contributed by atoms with Crippen molar-refractivity contribution in [2.45, 2.75) is 63.8 Å². The first-order valence-electron chi connectivity index (χ1n) is 15.2. The van der Waals surface area contributed by atoms with Gasteiger partial charge < -0.3 is 30.3 Å². The maximum atomic E-state index is 9.93. The molecule has 1 aliphatic carbocycles. The molecule has 3 fully saturated rings. The van der Waals surface area contributed by atoms with Gasteiger partial charge in [0.1, 0.15) is 22.6 Å². The smallest absolute Gasteiger partial charge is 0.237 e. The fourth-order valence-corrected chi connectivity index (χ4v) is 8.82. The lowest BCUT2D eigenvalue weighted by atomic mass is 9.72. The van der Waals surface area contributed by atoms with Gasteiger partial charge in [-0.15, -0.1) is 11.3 Å². The van der Waals surface area contributed by atoms with Gasteiger partial charge in [0, 0.05) is 60.7 Å². The fraction of sp³-hybridized carbons (Fsp3) is 0.633. The van der Waals surface area contributed by atoms with E-state index in [0.29, 0.717) is 33.4 Å². The van der Waals surface area contributed by atoms with Gasteiger partial charge in [0.2, 0.25) is 17.7 Å². The largest absolute Gasteiger partial charge is 0.389 e. The van der Waals surface area contributed by atoms with Crippen LogP contribution in [0.5, 0.6) is 0 Å². The number of nitriles is 1. The van der Waals surface area contributed by atoms with Crippen molar-refractivity contribution in [2.75, 3.05) is 68.4 Å². The Morgan fingerprint density at radius 3 is 2.86 bits per heavy atom. The summed E-state index contributed by atoms with van der Waals surface area (Å²) in [7, 11) is 2.18. The molecule has 42 heavy (non-hydrogen) atoms. The molecular formula is C30H40N10OS. The van der Waals surface area contributed by atoms with E-state index in [1.54, 1.807) is 0 Å². The van der Waals surface area contributed by atoms with Crippen LogP contribution >= 0.6 is 11.3 Å². The molecule has 0 aromatic carbocycles. The van der Waals surface area contributed by atoms with E-state index in [9.17, 15) is 5.26 Å². The number of aromatic nitrogens is 4. The number of aryl methyl sites for hydroxylation is 1. The van der Waals surface area contributed by atoms with E-state index in [0.717, 1.165) is 100 Å². The summed E-state index contributed by atoms with van der Waals surface area (Å²) in [6, 6.07) is 4.65. The topological polar surface area (TPSA) is 136 Å².